The molecule has 0 spiro atoms. The molecule has 4 nitrogen and oxygen atoms in total. The molecule has 0 bridgehead atoms. The summed E-state index contributed by atoms with van der Waals surface area (Å²) in [6.07, 6.45) is 3.28. The Morgan fingerprint density at radius 1 is 1.71 bits per heavy atom. The number of nitrogens with zero attached hydrogens (tertiary/aromatic N) is 1. The van der Waals surface area contributed by atoms with Gasteiger partial charge in [0.2, 0.25) is 5.91 Å². The van der Waals surface area contributed by atoms with Crippen LogP contribution in [0.5, 0.6) is 0 Å². The summed E-state index contributed by atoms with van der Waals surface area (Å²) < 4.78 is 0. The molecule has 14 heavy (non-hydrogen) atoms. The van der Waals surface area contributed by atoms with Gasteiger partial charge in [-0.3, -0.25) is 9.78 Å². The van der Waals surface area contributed by atoms with E-state index in [1.54, 1.807) is 25.4 Å². The summed E-state index contributed by atoms with van der Waals surface area (Å²) >= 11 is 0. The highest BCUT2D eigenvalue weighted by Gasteiger charge is 2.26. The Morgan fingerprint density at radius 2 is 2.43 bits per heavy atom. The minimum absolute atomic E-state index is 0.154. The van der Waals surface area contributed by atoms with Gasteiger partial charge in [0.1, 0.15) is 0 Å². The molecule has 2 N–H and O–H groups in total. The standard InChI is InChI=1S/C10H14N2O2/c1-8(14)12-10(2,7-13)9-4-3-5-11-6-9/h3-6,13H,7H2,1-2H3,(H,12,14)/t10-/m0/s1. The van der Waals surface area contributed by atoms with Gasteiger partial charge in [-0.15, -0.1) is 0 Å². The zero-order valence-electron chi connectivity index (χ0n) is 8.32. The molecule has 1 atom stereocenters. The van der Waals surface area contributed by atoms with Crippen LogP contribution in [-0.2, 0) is 10.3 Å². The van der Waals surface area contributed by atoms with Crippen LogP contribution in [0.2, 0.25) is 0 Å². The van der Waals surface area contributed by atoms with Crippen molar-refractivity contribution < 1.29 is 9.90 Å². The van der Waals surface area contributed by atoms with Crippen molar-refractivity contribution in [2.24, 2.45) is 0 Å². The number of carbonyl (C=O) groups is 1. The molecule has 0 saturated carbocycles. The fourth-order valence-corrected chi connectivity index (χ4v) is 1.28. The Bertz CT molecular complexity index is 313. The molecule has 0 saturated heterocycles. The molecule has 0 aliphatic carbocycles. The molecule has 4 heteroatoms. The zero-order valence-corrected chi connectivity index (χ0v) is 8.32. The topological polar surface area (TPSA) is 62.2 Å². The Labute approximate surface area is 83.0 Å². The van der Waals surface area contributed by atoms with Crippen LogP contribution in [-0.4, -0.2) is 22.6 Å². The summed E-state index contributed by atoms with van der Waals surface area (Å²) in [6.45, 7) is 3.02. The largest absolute Gasteiger partial charge is 0.394 e. The van der Waals surface area contributed by atoms with E-state index in [4.69, 9.17) is 0 Å². The minimum atomic E-state index is -0.750. The van der Waals surface area contributed by atoms with E-state index in [2.05, 4.69) is 10.3 Å². The van der Waals surface area contributed by atoms with E-state index in [1.165, 1.54) is 6.92 Å². The maximum absolute atomic E-state index is 10.9. The maximum Gasteiger partial charge on any atom is 0.217 e. The van der Waals surface area contributed by atoms with Gasteiger partial charge in [0.15, 0.2) is 0 Å². The smallest absolute Gasteiger partial charge is 0.217 e. The second-order valence-corrected chi connectivity index (χ2v) is 3.41. The Kier molecular flexibility index (Phi) is 3.19. The minimum Gasteiger partial charge on any atom is -0.394 e. The van der Waals surface area contributed by atoms with Crippen LogP contribution in [0.1, 0.15) is 19.4 Å². The van der Waals surface area contributed by atoms with E-state index in [-0.39, 0.29) is 12.5 Å². The normalized spacial score (nSPS) is 14.5. The summed E-state index contributed by atoms with van der Waals surface area (Å²) in [5.41, 5.74) is 0.0396. The van der Waals surface area contributed by atoms with Crippen molar-refractivity contribution in [2.45, 2.75) is 19.4 Å². The number of aromatic nitrogens is 1. The summed E-state index contributed by atoms with van der Waals surface area (Å²) in [5.74, 6) is -0.176. The average molecular weight is 194 g/mol. The number of pyridine rings is 1. The van der Waals surface area contributed by atoms with Crippen molar-refractivity contribution >= 4 is 5.91 Å². The molecule has 0 aliphatic rings. The third kappa shape index (κ3) is 2.29. The maximum atomic E-state index is 10.9. The molecule has 1 aromatic heterocycles. The first-order chi connectivity index (χ1) is 6.58. The number of hydrogen-bond acceptors (Lipinski definition) is 3. The van der Waals surface area contributed by atoms with Crippen LogP contribution in [0.15, 0.2) is 24.5 Å². The van der Waals surface area contributed by atoms with Crippen LogP contribution in [0.4, 0.5) is 0 Å². The number of nitrogens with one attached hydrogen (secondary N) is 1. The number of aliphatic hydroxyl groups is 1. The average Bonchev–Trinajstić information content (AvgIpc) is 2.18. The van der Waals surface area contributed by atoms with Gasteiger partial charge in [0, 0.05) is 19.3 Å². The van der Waals surface area contributed by atoms with Crippen LogP contribution < -0.4 is 5.32 Å². The van der Waals surface area contributed by atoms with Crippen molar-refractivity contribution in [1.82, 2.24) is 10.3 Å². The third-order valence-corrected chi connectivity index (χ3v) is 2.07. The zero-order chi connectivity index (χ0) is 10.6. The first-order valence-corrected chi connectivity index (χ1v) is 4.38. The molecule has 1 amide bonds. The number of carbonyl (C=O) groups excluding carboxylic acids is 1. The fraction of sp³-hybridized carbons (Fsp3) is 0.400. The summed E-state index contributed by atoms with van der Waals surface area (Å²) in [6, 6.07) is 3.59. The molecule has 1 heterocycles. The molecule has 76 valence electrons. The molecule has 0 aliphatic heterocycles. The Morgan fingerprint density at radius 3 is 2.86 bits per heavy atom. The van der Waals surface area contributed by atoms with Crippen LogP contribution in [0.3, 0.4) is 0 Å². The van der Waals surface area contributed by atoms with Gasteiger partial charge in [-0.2, -0.15) is 0 Å². The van der Waals surface area contributed by atoms with Crippen LogP contribution >= 0.6 is 0 Å². The lowest BCUT2D eigenvalue weighted by Gasteiger charge is -2.28. The highest BCUT2D eigenvalue weighted by molar-refractivity contribution is 5.74. The molecule has 0 radical (unpaired) electrons. The summed E-state index contributed by atoms with van der Waals surface area (Å²) in [7, 11) is 0. The second kappa shape index (κ2) is 4.19. The van der Waals surface area contributed by atoms with E-state index in [0.29, 0.717) is 0 Å². The molecule has 0 aromatic carbocycles. The molecular weight excluding hydrogens is 180 g/mol. The Hall–Kier alpha value is -1.42. The van der Waals surface area contributed by atoms with E-state index < -0.39 is 5.54 Å². The van der Waals surface area contributed by atoms with E-state index >= 15 is 0 Å². The van der Waals surface area contributed by atoms with E-state index in [9.17, 15) is 9.90 Å². The molecule has 0 fully saturated rings. The van der Waals surface area contributed by atoms with Crippen LogP contribution in [0, 0.1) is 0 Å². The molecule has 1 aromatic rings. The van der Waals surface area contributed by atoms with E-state index in [1.807, 2.05) is 6.07 Å². The fourth-order valence-electron chi connectivity index (χ4n) is 1.28. The third-order valence-electron chi connectivity index (χ3n) is 2.07. The van der Waals surface area contributed by atoms with Gasteiger partial charge in [-0.25, -0.2) is 0 Å². The number of amides is 1. The predicted molar refractivity (Wildman–Crippen MR) is 52.5 cm³/mol. The monoisotopic (exact) mass is 194 g/mol. The lowest BCUT2D eigenvalue weighted by atomic mass is 9.94. The first-order valence-electron chi connectivity index (χ1n) is 4.38. The van der Waals surface area contributed by atoms with Gasteiger partial charge >= 0.3 is 0 Å². The van der Waals surface area contributed by atoms with Crippen LogP contribution in [0.25, 0.3) is 0 Å². The summed E-state index contributed by atoms with van der Waals surface area (Å²) in [5, 5.41) is 11.9. The van der Waals surface area contributed by atoms with Gasteiger partial charge in [-0.1, -0.05) is 6.07 Å². The quantitative estimate of drug-likeness (QED) is 0.733. The van der Waals surface area contributed by atoms with Crippen molar-refractivity contribution in [1.29, 1.82) is 0 Å². The Balaban J connectivity index is 2.95. The van der Waals surface area contributed by atoms with Crippen molar-refractivity contribution in [3.05, 3.63) is 30.1 Å². The lowest BCUT2D eigenvalue weighted by Crippen LogP contribution is -2.45. The van der Waals surface area contributed by atoms with E-state index in [0.717, 1.165) is 5.56 Å². The van der Waals surface area contributed by atoms with Crippen molar-refractivity contribution in [3.8, 4) is 0 Å². The van der Waals surface area contributed by atoms with Gasteiger partial charge in [0.25, 0.3) is 0 Å². The summed E-state index contributed by atoms with van der Waals surface area (Å²) in [4.78, 5) is 14.9. The van der Waals surface area contributed by atoms with Gasteiger partial charge in [0.05, 0.1) is 12.1 Å². The highest BCUT2D eigenvalue weighted by Crippen LogP contribution is 2.18. The molecular formula is C10H14N2O2. The number of rotatable bonds is 3. The second-order valence-electron chi connectivity index (χ2n) is 3.41. The number of hydrogen-bond donors (Lipinski definition) is 2. The highest BCUT2D eigenvalue weighted by atomic mass is 16.3. The van der Waals surface area contributed by atoms with Gasteiger partial charge < -0.3 is 10.4 Å². The number of aliphatic hydroxyl groups excluding tert-OH is 1. The SMILES string of the molecule is CC(=O)N[C@@](C)(CO)c1cccnc1. The van der Waals surface area contributed by atoms with Gasteiger partial charge in [-0.05, 0) is 18.6 Å². The lowest BCUT2D eigenvalue weighted by molar-refractivity contribution is -0.121. The first kappa shape index (κ1) is 10.7. The predicted octanol–water partition coefficient (Wildman–Crippen LogP) is 0.425. The molecule has 1 rings (SSSR count). The molecule has 0 unspecified atom stereocenters. The van der Waals surface area contributed by atoms with Crippen molar-refractivity contribution in [3.63, 3.8) is 0 Å². The van der Waals surface area contributed by atoms with Crippen molar-refractivity contribution in [2.75, 3.05) is 6.61 Å².